The maximum Gasteiger partial charge on any atom is 0.254 e. The van der Waals surface area contributed by atoms with Crippen LogP contribution in [0.3, 0.4) is 0 Å². The third kappa shape index (κ3) is 7.30. The van der Waals surface area contributed by atoms with Gasteiger partial charge >= 0.3 is 0 Å². The lowest BCUT2D eigenvalue weighted by Gasteiger charge is -2.36. The number of para-hydroxylation sites is 1. The molecule has 0 aliphatic carbocycles. The number of methoxy groups -OCH3 is 1. The molecular formula is C30H31BrFN3O3. The molecule has 0 radical (unpaired) electrons. The van der Waals surface area contributed by atoms with E-state index in [9.17, 15) is 14.0 Å². The number of carbonyl (C=O) groups excluding carboxylic acids is 2. The summed E-state index contributed by atoms with van der Waals surface area (Å²) in [6.45, 7) is 4.30. The average molecular weight is 580 g/mol. The minimum absolute atomic E-state index is 0.0283. The number of halogens is 2. The summed E-state index contributed by atoms with van der Waals surface area (Å²) in [6.07, 6.45) is 3.88. The summed E-state index contributed by atoms with van der Waals surface area (Å²) >= 11 is 3.43. The van der Waals surface area contributed by atoms with Crippen LogP contribution in [0.15, 0.2) is 83.3 Å². The SMILES string of the molecule is COc1ccccc1C=CCN(CCN1CCN(C(=O)c2cccc(Br)c2)CC1)C(=O)c1ccc(F)cc1. The zero-order chi connectivity index (χ0) is 26.9. The molecule has 2 amide bonds. The van der Waals surface area contributed by atoms with Crippen molar-refractivity contribution in [2.75, 3.05) is 52.9 Å². The van der Waals surface area contributed by atoms with Gasteiger partial charge in [-0.15, -0.1) is 0 Å². The first kappa shape index (κ1) is 27.5. The van der Waals surface area contributed by atoms with Crippen LogP contribution in [-0.4, -0.2) is 79.4 Å². The molecular weight excluding hydrogens is 549 g/mol. The highest BCUT2D eigenvalue weighted by Gasteiger charge is 2.23. The van der Waals surface area contributed by atoms with Crippen LogP contribution in [0.1, 0.15) is 26.3 Å². The van der Waals surface area contributed by atoms with E-state index in [-0.39, 0.29) is 17.6 Å². The zero-order valence-corrected chi connectivity index (χ0v) is 22.9. The molecule has 0 aromatic heterocycles. The van der Waals surface area contributed by atoms with Crippen molar-refractivity contribution in [2.24, 2.45) is 0 Å². The molecule has 1 saturated heterocycles. The van der Waals surface area contributed by atoms with Gasteiger partial charge in [0.2, 0.25) is 0 Å². The predicted molar refractivity (Wildman–Crippen MR) is 151 cm³/mol. The standard InChI is InChI=1S/C30H31BrFN3O3/c1-38-28-10-3-2-6-23(28)8-5-15-34(29(36)24-11-13-27(32)14-12-24)19-16-33-17-20-35(21-18-33)30(37)25-7-4-9-26(31)22-25/h2-14,22H,15-21H2,1H3. The maximum absolute atomic E-state index is 13.4. The van der Waals surface area contributed by atoms with E-state index in [1.165, 1.54) is 24.3 Å². The lowest BCUT2D eigenvalue weighted by atomic mass is 10.1. The molecule has 1 heterocycles. The summed E-state index contributed by atoms with van der Waals surface area (Å²) in [7, 11) is 1.63. The van der Waals surface area contributed by atoms with Gasteiger partial charge in [-0.2, -0.15) is 0 Å². The quantitative estimate of drug-likeness (QED) is 0.349. The third-order valence-corrected chi connectivity index (χ3v) is 7.05. The average Bonchev–Trinajstić information content (AvgIpc) is 2.95. The fourth-order valence-electron chi connectivity index (χ4n) is 4.40. The van der Waals surface area contributed by atoms with Crippen molar-refractivity contribution in [1.29, 1.82) is 0 Å². The molecule has 4 rings (SSSR count). The van der Waals surface area contributed by atoms with E-state index in [1.54, 1.807) is 12.0 Å². The highest BCUT2D eigenvalue weighted by atomic mass is 79.9. The van der Waals surface area contributed by atoms with E-state index in [0.717, 1.165) is 28.9 Å². The summed E-state index contributed by atoms with van der Waals surface area (Å²) < 4.78 is 19.7. The monoisotopic (exact) mass is 579 g/mol. The third-order valence-electron chi connectivity index (χ3n) is 6.56. The van der Waals surface area contributed by atoms with Crippen LogP contribution in [0.25, 0.3) is 6.08 Å². The Morgan fingerprint density at radius 3 is 2.42 bits per heavy atom. The largest absolute Gasteiger partial charge is 0.496 e. The molecule has 1 aliphatic heterocycles. The smallest absolute Gasteiger partial charge is 0.254 e. The number of amides is 2. The molecule has 38 heavy (non-hydrogen) atoms. The number of hydrogen-bond donors (Lipinski definition) is 0. The van der Waals surface area contributed by atoms with Gasteiger partial charge in [-0.1, -0.05) is 52.3 Å². The van der Waals surface area contributed by atoms with E-state index >= 15 is 0 Å². The second kappa shape index (κ2) is 13.3. The Morgan fingerprint density at radius 1 is 0.974 bits per heavy atom. The number of ether oxygens (including phenoxy) is 1. The number of hydrogen-bond acceptors (Lipinski definition) is 4. The first-order chi connectivity index (χ1) is 18.4. The van der Waals surface area contributed by atoms with Crippen molar-refractivity contribution in [3.8, 4) is 5.75 Å². The Bertz CT molecular complexity index is 1270. The topological polar surface area (TPSA) is 53.1 Å². The van der Waals surface area contributed by atoms with Gasteiger partial charge in [0.1, 0.15) is 11.6 Å². The highest BCUT2D eigenvalue weighted by molar-refractivity contribution is 9.10. The Hall–Kier alpha value is -3.49. The van der Waals surface area contributed by atoms with E-state index in [1.807, 2.05) is 65.6 Å². The van der Waals surface area contributed by atoms with Gasteiger partial charge in [0.15, 0.2) is 0 Å². The molecule has 0 spiro atoms. The molecule has 8 heteroatoms. The first-order valence-corrected chi connectivity index (χ1v) is 13.4. The predicted octanol–water partition coefficient (Wildman–Crippen LogP) is 5.21. The number of nitrogens with zero attached hydrogens (tertiary/aromatic N) is 3. The van der Waals surface area contributed by atoms with Crippen LogP contribution in [-0.2, 0) is 0 Å². The first-order valence-electron chi connectivity index (χ1n) is 12.6. The molecule has 3 aromatic carbocycles. The van der Waals surface area contributed by atoms with Crippen LogP contribution in [0.5, 0.6) is 5.75 Å². The van der Waals surface area contributed by atoms with Crippen molar-refractivity contribution >= 4 is 33.8 Å². The van der Waals surface area contributed by atoms with Gasteiger partial charge in [-0.3, -0.25) is 14.5 Å². The van der Waals surface area contributed by atoms with Gasteiger partial charge in [0.05, 0.1) is 7.11 Å². The van der Waals surface area contributed by atoms with Crippen LogP contribution in [0.2, 0.25) is 0 Å². The minimum Gasteiger partial charge on any atom is -0.496 e. The van der Waals surface area contributed by atoms with Crippen molar-refractivity contribution < 1.29 is 18.7 Å². The number of rotatable bonds is 9. The van der Waals surface area contributed by atoms with Crippen LogP contribution in [0.4, 0.5) is 4.39 Å². The van der Waals surface area contributed by atoms with Gasteiger partial charge in [0.25, 0.3) is 11.8 Å². The van der Waals surface area contributed by atoms with Gasteiger partial charge < -0.3 is 14.5 Å². The second-order valence-electron chi connectivity index (χ2n) is 9.05. The molecule has 0 unspecified atom stereocenters. The van der Waals surface area contributed by atoms with Crippen molar-refractivity contribution in [3.63, 3.8) is 0 Å². The molecule has 0 atom stereocenters. The summed E-state index contributed by atoms with van der Waals surface area (Å²) in [6, 6.07) is 20.8. The van der Waals surface area contributed by atoms with Crippen LogP contribution < -0.4 is 4.74 Å². The van der Waals surface area contributed by atoms with Crippen molar-refractivity contribution in [2.45, 2.75) is 0 Å². The van der Waals surface area contributed by atoms with E-state index in [0.29, 0.717) is 43.9 Å². The molecule has 3 aromatic rings. The normalized spacial score (nSPS) is 14.0. The minimum atomic E-state index is -0.376. The zero-order valence-electron chi connectivity index (χ0n) is 21.4. The lowest BCUT2D eigenvalue weighted by Crippen LogP contribution is -2.50. The number of carbonyl (C=O) groups is 2. The fraction of sp³-hybridized carbons (Fsp3) is 0.267. The summed E-state index contributed by atoms with van der Waals surface area (Å²) in [5.74, 6) is 0.258. The van der Waals surface area contributed by atoms with Gasteiger partial charge in [0, 0.05) is 67.0 Å². The van der Waals surface area contributed by atoms with E-state index in [2.05, 4.69) is 20.8 Å². The lowest BCUT2D eigenvalue weighted by molar-refractivity contribution is 0.0609. The Labute approximate surface area is 231 Å². The highest BCUT2D eigenvalue weighted by Crippen LogP contribution is 2.19. The molecule has 0 saturated carbocycles. The Kier molecular flexibility index (Phi) is 9.67. The van der Waals surface area contributed by atoms with Crippen LogP contribution in [0, 0.1) is 5.82 Å². The van der Waals surface area contributed by atoms with Gasteiger partial charge in [-0.05, 0) is 48.5 Å². The van der Waals surface area contributed by atoms with E-state index < -0.39 is 0 Å². The Morgan fingerprint density at radius 2 is 1.71 bits per heavy atom. The molecule has 198 valence electrons. The second-order valence-corrected chi connectivity index (χ2v) is 9.96. The molecule has 6 nitrogen and oxygen atoms in total. The van der Waals surface area contributed by atoms with E-state index in [4.69, 9.17) is 4.74 Å². The molecule has 1 fully saturated rings. The maximum atomic E-state index is 13.4. The van der Waals surface area contributed by atoms with Crippen LogP contribution >= 0.6 is 15.9 Å². The molecule has 1 aliphatic rings. The molecule has 0 bridgehead atoms. The number of benzene rings is 3. The van der Waals surface area contributed by atoms with Gasteiger partial charge in [-0.25, -0.2) is 4.39 Å². The summed E-state index contributed by atoms with van der Waals surface area (Å²) in [5.41, 5.74) is 2.04. The fourth-order valence-corrected chi connectivity index (χ4v) is 4.80. The summed E-state index contributed by atoms with van der Waals surface area (Å²) in [5, 5.41) is 0. The molecule has 0 N–H and O–H groups in total. The summed E-state index contributed by atoms with van der Waals surface area (Å²) in [4.78, 5) is 32.1. The van der Waals surface area contributed by atoms with Crippen molar-refractivity contribution in [1.82, 2.24) is 14.7 Å². The van der Waals surface area contributed by atoms with Crippen molar-refractivity contribution in [3.05, 3.63) is 106 Å². The Balaban J connectivity index is 1.37. The number of piperazine rings is 1.